The molecular formula is C15H23NO3. The normalized spacial score (nSPS) is 18.9. The summed E-state index contributed by atoms with van der Waals surface area (Å²) in [5.41, 5.74) is 0. The van der Waals surface area contributed by atoms with Crippen LogP contribution < -0.4 is 19.5 Å². The number of hydrogen-bond acceptors (Lipinski definition) is 4. The molecule has 1 aromatic rings. The van der Waals surface area contributed by atoms with Crippen molar-refractivity contribution in [2.24, 2.45) is 5.92 Å². The first kappa shape index (κ1) is 14.0. The molecule has 1 aliphatic rings. The van der Waals surface area contributed by atoms with Crippen molar-refractivity contribution in [3.8, 4) is 17.2 Å². The van der Waals surface area contributed by atoms with E-state index in [4.69, 9.17) is 14.2 Å². The third kappa shape index (κ3) is 4.31. The Morgan fingerprint density at radius 1 is 1.11 bits per heavy atom. The average molecular weight is 265 g/mol. The highest BCUT2D eigenvalue weighted by Crippen LogP contribution is 2.27. The fourth-order valence-corrected chi connectivity index (χ4v) is 2.38. The van der Waals surface area contributed by atoms with Gasteiger partial charge in [-0.2, -0.15) is 0 Å². The lowest BCUT2D eigenvalue weighted by atomic mass is 9.97. The molecule has 2 rings (SSSR count). The first-order valence-electron chi connectivity index (χ1n) is 6.88. The molecule has 1 aromatic carbocycles. The first-order chi connectivity index (χ1) is 9.31. The molecule has 0 saturated carbocycles. The minimum atomic E-state index is 0.737. The average Bonchev–Trinajstić information content (AvgIpc) is 2.48. The summed E-state index contributed by atoms with van der Waals surface area (Å²) < 4.78 is 16.3. The van der Waals surface area contributed by atoms with Crippen LogP contribution in [0.3, 0.4) is 0 Å². The van der Waals surface area contributed by atoms with Crippen LogP contribution in [0.5, 0.6) is 17.2 Å². The van der Waals surface area contributed by atoms with Crippen LogP contribution in [0.25, 0.3) is 0 Å². The van der Waals surface area contributed by atoms with E-state index in [9.17, 15) is 0 Å². The number of nitrogens with one attached hydrogen (secondary N) is 1. The summed E-state index contributed by atoms with van der Waals surface area (Å²) in [4.78, 5) is 0. The van der Waals surface area contributed by atoms with Gasteiger partial charge in [0.05, 0.1) is 20.8 Å². The van der Waals surface area contributed by atoms with Gasteiger partial charge in [-0.1, -0.05) is 0 Å². The number of rotatable bonds is 6. The van der Waals surface area contributed by atoms with Gasteiger partial charge in [-0.15, -0.1) is 0 Å². The minimum Gasteiger partial charge on any atom is -0.496 e. The van der Waals surface area contributed by atoms with Gasteiger partial charge in [0.2, 0.25) is 0 Å². The minimum absolute atomic E-state index is 0.737. The van der Waals surface area contributed by atoms with Gasteiger partial charge in [0, 0.05) is 18.2 Å². The van der Waals surface area contributed by atoms with Gasteiger partial charge in [-0.3, -0.25) is 0 Å². The zero-order valence-corrected chi connectivity index (χ0v) is 11.8. The molecule has 1 heterocycles. The molecule has 0 bridgehead atoms. The van der Waals surface area contributed by atoms with Crippen LogP contribution in [0.4, 0.5) is 0 Å². The lowest BCUT2D eigenvalue weighted by molar-refractivity contribution is 0.252. The van der Waals surface area contributed by atoms with E-state index >= 15 is 0 Å². The smallest absolute Gasteiger partial charge is 0.126 e. The largest absolute Gasteiger partial charge is 0.496 e. The maximum Gasteiger partial charge on any atom is 0.126 e. The van der Waals surface area contributed by atoms with Crippen molar-refractivity contribution in [1.82, 2.24) is 5.32 Å². The lowest BCUT2D eigenvalue weighted by Gasteiger charge is -2.22. The molecule has 106 valence electrons. The Hall–Kier alpha value is -1.42. The van der Waals surface area contributed by atoms with E-state index in [0.717, 1.165) is 49.3 Å². The molecule has 0 amide bonds. The van der Waals surface area contributed by atoms with Crippen molar-refractivity contribution in [3.63, 3.8) is 0 Å². The number of ether oxygens (including phenoxy) is 3. The molecule has 19 heavy (non-hydrogen) atoms. The highest BCUT2D eigenvalue weighted by Gasteiger charge is 2.12. The number of benzene rings is 1. The van der Waals surface area contributed by atoms with Gasteiger partial charge in [0.25, 0.3) is 0 Å². The summed E-state index contributed by atoms with van der Waals surface area (Å²) in [6.45, 7) is 3.01. The van der Waals surface area contributed by atoms with Gasteiger partial charge in [-0.25, -0.2) is 0 Å². The second kappa shape index (κ2) is 7.24. The molecule has 4 heteroatoms. The summed E-state index contributed by atoms with van der Waals surface area (Å²) in [6, 6.07) is 5.63. The summed E-state index contributed by atoms with van der Waals surface area (Å²) in [7, 11) is 3.29. The zero-order chi connectivity index (χ0) is 13.5. The monoisotopic (exact) mass is 265 g/mol. The van der Waals surface area contributed by atoms with Crippen LogP contribution in [0.15, 0.2) is 18.2 Å². The van der Waals surface area contributed by atoms with Crippen LogP contribution in [-0.2, 0) is 0 Å². The molecule has 4 nitrogen and oxygen atoms in total. The van der Waals surface area contributed by atoms with E-state index in [1.807, 2.05) is 18.2 Å². The standard InChI is InChI=1S/C15H23NO3/c1-17-13-8-14(18-2)10-15(9-13)19-7-5-12-4-3-6-16-11-12/h8-10,12,16H,3-7,11H2,1-2H3. The van der Waals surface area contributed by atoms with Crippen LogP contribution in [0.2, 0.25) is 0 Å². The summed E-state index contributed by atoms with van der Waals surface area (Å²) in [5, 5.41) is 3.42. The van der Waals surface area contributed by atoms with Crippen molar-refractivity contribution in [2.75, 3.05) is 33.9 Å². The lowest BCUT2D eigenvalue weighted by Crippen LogP contribution is -2.30. The number of methoxy groups -OCH3 is 2. The van der Waals surface area contributed by atoms with Gasteiger partial charge < -0.3 is 19.5 Å². The van der Waals surface area contributed by atoms with E-state index in [1.54, 1.807) is 14.2 Å². The van der Waals surface area contributed by atoms with Gasteiger partial charge in [-0.05, 0) is 38.3 Å². The van der Waals surface area contributed by atoms with E-state index in [2.05, 4.69) is 5.32 Å². The highest BCUT2D eigenvalue weighted by molar-refractivity contribution is 5.41. The third-order valence-corrected chi connectivity index (χ3v) is 3.52. The fraction of sp³-hybridized carbons (Fsp3) is 0.600. The molecular weight excluding hydrogens is 242 g/mol. The molecule has 1 unspecified atom stereocenters. The maximum absolute atomic E-state index is 5.81. The number of piperidine rings is 1. The van der Waals surface area contributed by atoms with Crippen molar-refractivity contribution in [2.45, 2.75) is 19.3 Å². The van der Waals surface area contributed by atoms with Crippen molar-refractivity contribution < 1.29 is 14.2 Å². The SMILES string of the molecule is COc1cc(OC)cc(OCCC2CCCNC2)c1. The maximum atomic E-state index is 5.81. The predicted molar refractivity (Wildman–Crippen MR) is 75.3 cm³/mol. The van der Waals surface area contributed by atoms with Gasteiger partial charge in [0.15, 0.2) is 0 Å². The molecule has 0 radical (unpaired) electrons. The second-order valence-electron chi connectivity index (χ2n) is 4.90. The van der Waals surface area contributed by atoms with E-state index in [0.29, 0.717) is 0 Å². The second-order valence-corrected chi connectivity index (χ2v) is 4.90. The molecule has 1 N–H and O–H groups in total. The van der Waals surface area contributed by atoms with Crippen molar-refractivity contribution in [1.29, 1.82) is 0 Å². The Balaban J connectivity index is 1.84. The highest BCUT2D eigenvalue weighted by atomic mass is 16.5. The summed E-state index contributed by atoms with van der Waals surface area (Å²) in [6.07, 6.45) is 3.67. The molecule has 1 fully saturated rings. The van der Waals surface area contributed by atoms with Gasteiger partial charge >= 0.3 is 0 Å². The molecule has 0 aliphatic carbocycles. The van der Waals surface area contributed by atoms with Crippen LogP contribution in [0.1, 0.15) is 19.3 Å². The number of hydrogen-bond donors (Lipinski definition) is 1. The molecule has 0 spiro atoms. The van der Waals surface area contributed by atoms with Gasteiger partial charge in [0.1, 0.15) is 17.2 Å². The van der Waals surface area contributed by atoms with Crippen LogP contribution >= 0.6 is 0 Å². The fourth-order valence-electron chi connectivity index (χ4n) is 2.38. The predicted octanol–water partition coefficient (Wildman–Crippen LogP) is 2.47. The van der Waals surface area contributed by atoms with Crippen molar-refractivity contribution >= 4 is 0 Å². The Bertz CT molecular complexity index is 367. The molecule has 1 saturated heterocycles. The van der Waals surface area contributed by atoms with Crippen LogP contribution in [-0.4, -0.2) is 33.9 Å². The Labute approximate surface area is 115 Å². The Morgan fingerprint density at radius 3 is 2.37 bits per heavy atom. The summed E-state index contributed by atoms with van der Waals surface area (Å²) >= 11 is 0. The molecule has 1 atom stereocenters. The van der Waals surface area contributed by atoms with Crippen molar-refractivity contribution in [3.05, 3.63) is 18.2 Å². The summed E-state index contributed by atoms with van der Waals surface area (Å²) in [5.74, 6) is 3.06. The van der Waals surface area contributed by atoms with Crippen LogP contribution in [0, 0.1) is 5.92 Å². The zero-order valence-electron chi connectivity index (χ0n) is 11.8. The first-order valence-corrected chi connectivity index (χ1v) is 6.88. The Kier molecular flexibility index (Phi) is 5.33. The topological polar surface area (TPSA) is 39.7 Å². The molecule has 1 aliphatic heterocycles. The molecule has 0 aromatic heterocycles. The quantitative estimate of drug-likeness (QED) is 0.857. The third-order valence-electron chi connectivity index (χ3n) is 3.52. The van der Waals surface area contributed by atoms with E-state index in [1.165, 1.54) is 12.8 Å². The van der Waals surface area contributed by atoms with E-state index in [-0.39, 0.29) is 0 Å². The Morgan fingerprint density at radius 2 is 1.79 bits per heavy atom. The van der Waals surface area contributed by atoms with E-state index < -0.39 is 0 Å².